The lowest BCUT2D eigenvalue weighted by Gasteiger charge is -2.24. The molecule has 0 saturated heterocycles. The highest BCUT2D eigenvalue weighted by Crippen LogP contribution is 2.29. The first-order valence-corrected chi connectivity index (χ1v) is 5.95. The molecule has 0 amide bonds. The van der Waals surface area contributed by atoms with Crippen molar-refractivity contribution in [3.63, 3.8) is 0 Å². The zero-order chi connectivity index (χ0) is 12.3. The summed E-state index contributed by atoms with van der Waals surface area (Å²) in [7, 11) is 1.89. The molecule has 0 aliphatic carbocycles. The lowest BCUT2D eigenvalue weighted by Crippen LogP contribution is -2.32. The van der Waals surface area contributed by atoms with Crippen LogP contribution in [0, 0.1) is 0 Å². The highest BCUT2D eigenvalue weighted by Gasteiger charge is 2.31. The molecule has 17 heavy (non-hydrogen) atoms. The van der Waals surface area contributed by atoms with Gasteiger partial charge in [0, 0.05) is 6.04 Å². The molecule has 1 atom stereocenters. The van der Waals surface area contributed by atoms with E-state index in [9.17, 15) is 0 Å². The molecular weight excluding hydrogens is 214 g/mol. The van der Waals surface area contributed by atoms with Gasteiger partial charge in [-0.3, -0.25) is 0 Å². The van der Waals surface area contributed by atoms with Crippen molar-refractivity contribution < 1.29 is 4.84 Å². The van der Waals surface area contributed by atoms with E-state index >= 15 is 0 Å². The Morgan fingerprint density at radius 2 is 2.06 bits per heavy atom. The molecule has 92 valence electrons. The first-order valence-electron chi connectivity index (χ1n) is 5.95. The van der Waals surface area contributed by atoms with Crippen LogP contribution in [0.15, 0.2) is 35.3 Å². The number of rotatable bonds is 4. The largest absolute Gasteiger partial charge is 0.387 e. The van der Waals surface area contributed by atoms with Crippen LogP contribution >= 0.6 is 0 Å². The monoisotopic (exact) mass is 233 g/mol. The summed E-state index contributed by atoms with van der Waals surface area (Å²) in [6.07, 6.45) is -0.0282. The molecule has 0 bridgehead atoms. The van der Waals surface area contributed by atoms with Gasteiger partial charge in [-0.2, -0.15) is 0 Å². The second-order valence-electron chi connectivity index (χ2n) is 4.38. The van der Waals surface area contributed by atoms with Crippen molar-refractivity contribution in [3.8, 4) is 0 Å². The molecule has 1 N–H and O–H groups in total. The normalized spacial score (nSPS) is 20.5. The molecule has 1 aromatic rings. The van der Waals surface area contributed by atoms with E-state index in [-0.39, 0.29) is 6.17 Å². The molecule has 0 unspecified atom stereocenters. The molecule has 4 heteroatoms. The number of nitrogens with one attached hydrogen (secondary N) is 1. The van der Waals surface area contributed by atoms with Gasteiger partial charge < -0.3 is 10.2 Å². The maximum absolute atomic E-state index is 5.75. The van der Waals surface area contributed by atoms with Crippen LogP contribution in [0.1, 0.15) is 25.6 Å². The highest BCUT2D eigenvalue weighted by molar-refractivity contribution is 5.79. The molecule has 0 radical (unpaired) electrons. The Bertz CT molecular complexity index is 389. The number of aliphatic imine (C=N–C) groups is 1. The van der Waals surface area contributed by atoms with Crippen molar-refractivity contribution in [3.05, 3.63) is 35.9 Å². The second-order valence-corrected chi connectivity index (χ2v) is 4.38. The Balaban J connectivity index is 2.22. The number of benzene rings is 1. The molecule has 0 aromatic heterocycles. The van der Waals surface area contributed by atoms with E-state index < -0.39 is 0 Å². The van der Waals surface area contributed by atoms with E-state index in [1.807, 2.05) is 30.3 Å². The number of hydrogen-bond donors (Lipinski definition) is 1. The summed E-state index contributed by atoms with van der Waals surface area (Å²) in [6.45, 7) is 4.87. The van der Waals surface area contributed by atoms with Gasteiger partial charge in [0.1, 0.15) is 0 Å². The first-order chi connectivity index (χ1) is 8.22. The van der Waals surface area contributed by atoms with Crippen LogP contribution < -0.4 is 5.32 Å². The molecule has 1 heterocycles. The number of likely N-dealkylation sites (N-methyl/N-ethyl adjacent to an activating group) is 1. The van der Waals surface area contributed by atoms with Gasteiger partial charge in [0.2, 0.25) is 5.90 Å². The lowest BCUT2D eigenvalue weighted by atomic mass is 10.1. The average Bonchev–Trinajstić information content (AvgIpc) is 2.75. The Morgan fingerprint density at radius 1 is 1.35 bits per heavy atom. The molecule has 0 fully saturated rings. The third-order valence-corrected chi connectivity index (χ3v) is 2.65. The van der Waals surface area contributed by atoms with Gasteiger partial charge in [0.15, 0.2) is 6.17 Å². The molecule has 4 nitrogen and oxygen atoms in total. The first kappa shape index (κ1) is 12.1. The fraction of sp³-hybridized carbons (Fsp3) is 0.462. The minimum absolute atomic E-state index is 0.0282. The average molecular weight is 233 g/mol. The van der Waals surface area contributed by atoms with Crippen LogP contribution in [0.25, 0.3) is 0 Å². The highest BCUT2D eigenvalue weighted by atomic mass is 16.7. The summed E-state index contributed by atoms with van der Waals surface area (Å²) in [5, 5.41) is 4.99. The van der Waals surface area contributed by atoms with Gasteiger partial charge in [-0.25, -0.2) is 4.99 Å². The molecule has 0 spiro atoms. The van der Waals surface area contributed by atoms with Crippen LogP contribution in [0.3, 0.4) is 0 Å². The minimum atomic E-state index is -0.0282. The summed E-state index contributed by atoms with van der Waals surface area (Å²) < 4.78 is 0. The third kappa shape index (κ3) is 2.65. The quantitative estimate of drug-likeness (QED) is 0.863. The van der Waals surface area contributed by atoms with Crippen molar-refractivity contribution >= 4 is 5.90 Å². The Morgan fingerprint density at radius 3 is 2.65 bits per heavy atom. The second kappa shape index (κ2) is 5.29. The van der Waals surface area contributed by atoms with Gasteiger partial charge >= 0.3 is 0 Å². The van der Waals surface area contributed by atoms with E-state index in [4.69, 9.17) is 4.84 Å². The van der Waals surface area contributed by atoms with Crippen molar-refractivity contribution in [2.45, 2.75) is 26.1 Å². The van der Waals surface area contributed by atoms with Crippen molar-refractivity contribution in [2.24, 2.45) is 4.99 Å². The van der Waals surface area contributed by atoms with Gasteiger partial charge in [0.25, 0.3) is 0 Å². The summed E-state index contributed by atoms with van der Waals surface area (Å²) in [5.74, 6) is 0.745. The van der Waals surface area contributed by atoms with E-state index in [2.05, 4.69) is 36.3 Å². The van der Waals surface area contributed by atoms with Crippen LogP contribution in [-0.2, 0) is 4.84 Å². The molecule has 1 aliphatic rings. The minimum Gasteiger partial charge on any atom is -0.387 e. The van der Waals surface area contributed by atoms with Crippen LogP contribution in [0.5, 0.6) is 0 Å². The van der Waals surface area contributed by atoms with Crippen molar-refractivity contribution in [2.75, 3.05) is 13.6 Å². The summed E-state index contributed by atoms with van der Waals surface area (Å²) in [5.41, 5.74) is 1.16. The number of hydrogen-bond acceptors (Lipinski definition) is 4. The summed E-state index contributed by atoms with van der Waals surface area (Å²) in [4.78, 5) is 10.4. The van der Waals surface area contributed by atoms with Gasteiger partial charge in [-0.15, -0.1) is 5.06 Å². The molecule has 0 saturated carbocycles. The predicted molar refractivity (Wildman–Crippen MR) is 68.6 cm³/mol. The van der Waals surface area contributed by atoms with Gasteiger partial charge in [0.05, 0.1) is 6.54 Å². The lowest BCUT2D eigenvalue weighted by molar-refractivity contribution is -0.112. The third-order valence-electron chi connectivity index (χ3n) is 2.65. The van der Waals surface area contributed by atoms with Crippen LogP contribution in [0.2, 0.25) is 0 Å². The zero-order valence-electron chi connectivity index (χ0n) is 10.6. The van der Waals surface area contributed by atoms with E-state index in [0.29, 0.717) is 12.6 Å². The number of nitrogens with zero attached hydrogens (tertiary/aromatic N) is 2. The molecule has 1 aromatic carbocycles. The van der Waals surface area contributed by atoms with Crippen molar-refractivity contribution in [1.29, 1.82) is 0 Å². The predicted octanol–water partition coefficient (Wildman–Crippen LogP) is 1.96. The number of hydroxylamine groups is 2. The van der Waals surface area contributed by atoms with E-state index in [0.717, 1.165) is 11.5 Å². The smallest absolute Gasteiger partial charge is 0.225 e. The van der Waals surface area contributed by atoms with Crippen LogP contribution in [-0.4, -0.2) is 30.6 Å². The Hall–Kier alpha value is -1.39. The van der Waals surface area contributed by atoms with E-state index in [1.54, 1.807) is 0 Å². The van der Waals surface area contributed by atoms with Gasteiger partial charge in [-0.1, -0.05) is 30.3 Å². The Kier molecular flexibility index (Phi) is 3.76. The van der Waals surface area contributed by atoms with E-state index in [1.165, 1.54) is 0 Å². The standard InChI is InChI=1S/C13H19N3O/c1-10(2)16-13(11-7-5-4-6-8-11)15-12(17-16)9-14-3/h4-8,10,13-14H,9H2,1-3H3/t13-/m0/s1. The maximum atomic E-state index is 5.75. The fourth-order valence-electron chi connectivity index (χ4n) is 1.85. The Labute approximate surface area is 102 Å². The molecule has 1 aliphatic heterocycles. The van der Waals surface area contributed by atoms with Crippen LogP contribution in [0.4, 0.5) is 0 Å². The zero-order valence-corrected chi connectivity index (χ0v) is 10.6. The van der Waals surface area contributed by atoms with Crippen molar-refractivity contribution in [1.82, 2.24) is 10.4 Å². The summed E-state index contributed by atoms with van der Waals surface area (Å²) in [6, 6.07) is 10.5. The van der Waals surface area contributed by atoms with Gasteiger partial charge in [-0.05, 0) is 26.5 Å². The topological polar surface area (TPSA) is 36.9 Å². The molecule has 2 rings (SSSR count). The maximum Gasteiger partial charge on any atom is 0.225 e. The fourth-order valence-corrected chi connectivity index (χ4v) is 1.85. The molecular formula is C13H19N3O. The SMILES string of the molecule is CNCC1=N[C@H](c2ccccc2)N(C(C)C)O1. The summed E-state index contributed by atoms with van der Waals surface area (Å²) >= 11 is 0.